The van der Waals surface area contributed by atoms with Crippen molar-refractivity contribution >= 4 is 41.3 Å². The van der Waals surface area contributed by atoms with Gasteiger partial charge in [-0.15, -0.1) is 35.3 Å². The Bertz CT molecular complexity index is 697. The van der Waals surface area contributed by atoms with Crippen LogP contribution in [0.15, 0.2) is 34.6 Å². The Morgan fingerprint density at radius 3 is 2.69 bits per heavy atom. The summed E-state index contributed by atoms with van der Waals surface area (Å²) < 4.78 is 29.5. The summed E-state index contributed by atoms with van der Waals surface area (Å²) in [5.74, 6) is 0.740. The monoisotopic (exact) mass is 496 g/mol. The zero-order valence-electron chi connectivity index (χ0n) is 14.7. The van der Waals surface area contributed by atoms with Gasteiger partial charge in [0.1, 0.15) is 5.75 Å². The Morgan fingerprint density at radius 2 is 2.04 bits per heavy atom. The van der Waals surface area contributed by atoms with Crippen LogP contribution in [0, 0.1) is 0 Å². The van der Waals surface area contributed by atoms with Crippen molar-refractivity contribution in [2.24, 2.45) is 4.99 Å². The first-order valence-corrected chi connectivity index (χ1v) is 8.98. The Labute approximate surface area is 173 Å². The Hall–Kier alpha value is -1.49. The summed E-state index contributed by atoms with van der Waals surface area (Å²) in [4.78, 5) is 8.93. The molecule has 0 saturated carbocycles. The second-order valence-corrected chi connectivity index (χ2v) is 6.06. The molecule has 0 atom stereocenters. The molecule has 0 bridgehead atoms. The normalized spacial score (nSPS) is 11.2. The van der Waals surface area contributed by atoms with Gasteiger partial charge in [-0.25, -0.2) is 9.98 Å². The minimum atomic E-state index is -2.85. The van der Waals surface area contributed by atoms with Crippen molar-refractivity contribution in [3.05, 3.63) is 45.9 Å². The Balaban J connectivity index is 0.00000338. The lowest BCUT2D eigenvalue weighted by Gasteiger charge is -2.12. The van der Waals surface area contributed by atoms with Gasteiger partial charge in [0.15, 0.2) is 5.96 Å². The molecule has 2 rings (SSSR count). The molecular weight excluding hydrogens is 473 g/mol. The third-order valence-electron chi connectivity index (χ3n) is 3.28. The van der Waals surface area contributed by atoms with Crippen LogP contribution in [0.2, 0.25) is 0 Å². The second kappa shape index (κ2) is 12.0. The van der Waals surface area contributed by atoms with Gasteiger partial charge in [-0.05, 0) is 19.4 Å². The van der Waals surface area contributed by atoms with E-state index < -0.39 is 6.61 Å². The molecular formula is C17H23F2IN4OS. The number of alkyl halides is 2. The highest BCUT2D eigenvalue weighted by molar-refractivity contribution is 14.0. The predicted molar refractivity (Wildman–Crippen MR) is 112 cm³/mol. The summed E-state index contributed by atoms with van der Waals surface area (Å²) in [6.07, 6.45) is 0.916. The fourth-order valence-electron chi connectivity index (χ4n) is 2.12. The fourth-order valence-corrected chi connectivity index (χ4v) is 2.86. The number of thiazole rings is 1. The molecule has 0 amide bonds. The van der Waals surface area contributed by atoms with Gasteiger partial charge in [0.2, 0.25) is 0 Å². The molecule has 0 saturated heterocycles. The van der Waals surface area contributed by atoms with E-state index in [2.05, 4.69) is 32.3 Å². The highest BCUT2D eigenvalue weighted by Crippen LogP contribution is 2.20. The smallest absolute Gasteiger partial charge is 0.387 e. The lowest BCUT2D eigenvalue weighted by molar-refractivity contribution is -0.0504. The first kappa shape index (κ1) is 22.6. The number of para-hydroxylation sites is 1. The van der Waals surface area contributed by atoms with Crippen LogP contribution in [0.25, 0.3) is 0 Å². The van der Waals surface area contributed by atoms with E-state index in [1.165, 1.54) is 6.07 Å². The first-order chi connectivity index (χ1) is 12.1. The van der Waals surface area contributed by atoms with Crippen LogP contribution in [-0.4, -0.2) is 24.1 Å². The van der Waals surface area contributed by atoms with E-state index in [9.17, 15) is 8.78 Å². The van der Waals surface area contributed by atoms with Gasteiger partial charge in [-0.2, -0.15) is 8.78 Å². The number of aliphatic imine (C=N–C) groups is 1. The predicted octanol–water partition coefficient (Wildman–Crippen LogP) is 4.18. The third-order valence-corrected chi connectivity index (χ3v) is 4.32. The van der Waals surface area contributed by atoms with Crippen molar-refractivity contribution in [2.75, 3.05) is 6.54 Å². The van der Waals surface area contributed by atoms with E-state index in [1.807, 2.05) is 12.3 Å². The number of aromatic nitrogens is 1. The molecule has 0 radical (unpaired) electrons. The molecule has 0 unspecified atom stereocenters. The van der Waals surface area contributed by atoms with Crippen molar-refractivity contribution in [1.29, 1.82) is 0 Å². The van der Waals surface area contributed by atoms with Crippen LogP contribution in [0.3, 0.4) is 0 Å². The maximum absolute atomic E-state index is 12.5. The molecule has 144 valence electrons. The van der Waals surface area contributed by atoms with Gasteiger partial charge in [0.25, 0.3) is 0 Å². The third kappa shape index (κ3) is 7.40. The molecule has 9 heteroatoms. The molecule has 1 heterocycles. The van der Waals surface area contributed by atoms with Crippen molar-refractivity contribution < 1.29 is 13.5 Å². The highest BCUT2D eigenvalue weighted by Gasteiger charge is 2.09. The van der Waals surface area contributed by atoms with E-state index in [1.54, 1.807) is 29.5 Å². The average molecular weight is 496 g/mol. The summed E-state index contributed by atoms with van der Waals surface area (Å²) in [5.41, 5.74) is 1.55. The molecule has 2 aromatic rings. The van der Waals surface area contributed by atoms with Crippen molar-refractivity contribution in [3.8, 4) is 5.75 Å². The lowest BCUT2D eigenvalue weighted by atomic mass is 10.2. The second-order valence-electron chi connectivity index (χ2n) is 5.12. The van der Waals surface area contributed by atoms with E-state index in [0.717, 1.165) is 17.1 Å². The molecule has 1 aromatic heterocycles. The number of guanidine groups is 1. The van der Waals surface area contributed by atoms with Crippen LogP contribution in [0.4, 0.5) is 8.78 Å². The molecule has 0 fully saturated rings. The van der Waals surface area contributed by atoms with Gasteiger partial charge >= 0.3 is 6.61 Å². The van der Waals surface area contributed by atoms with E-state index >= 15 is 0 Å². The molecule has 26 heavy (non-hydrogen) atoms. The number of hydrogen-bond donors (Lipinski definition) is 2. The number of nitrogens with one attached hydrogen (secondary N) is 2. The quantitative estimate of drug-likeness (QED) is 0.327. The molecule has 0 aliphatic carbocycles. The number of rotatable bonds is 8. The minimum absolute atomic E-state index is 0. The van der Waals surface area contributed by atoms with Gasteiger partial charge in [0.05, 0.1) is 23.8 Å². The topological polar surface area (TPSA) is 58.5 Å². The molecule has 1 aromatic carbocycles. The summed E-state index contributed by atoms with van der Waals surface area (Å²) in [6, 6.07) is 6.66. The lowest BCUT2D eigenvalue weighted by Crippen LogP contribution is -2.36. The average Bonchev–Trinajstić information content (AvgIpc) is 3.06. The van der Waals surface area contributed by atoms with E-state index in [4.69, 9.17) is 0 Å². The van der Waals surface area contributed by atoms with Crippen molar-refractivity contribution in [3.63, 3.8) is 0 Å². The Morgan fingerprint density at radius 1 is 1.27 bits per heavy atom. The first-order valence-electron chi connectivity index (χ1n) is 8.10. The molecule has 0 aliphatic rings. The highest BCUT2D eigenvalue weighted by atomic mass is 127. The van der Waals surface area contributed by atoms with Crippen molar-refractivity contribution in [1.82, 2.24) is 15.6 Å². The molecule has 2 N–H and O–H groups in total. The number of aryl methyl sites for hydroxylation is 1. The summed E-state index contributed by atoms with van der Waals surface area (Å²) in [7, 11) is 0. The number of hydrogen-bond acceptors (Lipinski definition) is 4. The number of halogens is 3. The van der Waals surface area contributed by atoms with Crippen LogP contribution in [0.1, 0.15) is 30.1 Å². The zero-order chi connectivity index (χ0) is 18.1. The fraction of sp³-hybridized carbons (Fsp3) is 0.412. The molecule has 5 nitrogen and oxygen atoms in total. The van der Waals surface area contributed by atoms with Crippen LogP contribution < -0.4 is 15.4 Å². The van der Waals surface area contributed by atoms with Crippen molar-refractivity contribution in [2.45, 2.75) is 40.0 Å². The SMILES string of the molecule is CCNC(=NCc1ccccc1OC(F)F)NCc1csc(CC)n1.I. The Kier molecular flexibility index (Phi) is 10.4. The largest absolute Gasteiger partial charge is 0.434 e. The minimum Gasteiger partial charge on any atom is -0.434 e. The van der Waals surface area contributed by atoms with Gasteiger partial charge in [-0.1, -0.05) is 25.1 Å². The maximum Gasteiger partial charge on any atom is 0.387 e. The number of benzene rings is 1. The summed E-state index contributed by atoms with van der Waals surface area (Å²) >= 11 is 1.63. The van der Waals surface area contributed by atoms with E-state index in [0.29, 0.717) is 24.6 Å². The molecule has 0 aliphatic heterocycles. The van der Waals surface area contributed by atoms with Gasteiger partial charge in [0, 0.05) is 17.5 Å². The standard InChI is InChI=1S/C17H22F2N4OS.HI/c1-3-15-23-13(11-25-15)10-22-17(20-4-2)21-9-12-7-5-6-8-14(12)24-16(18)19;/h5-8,11,16H,3-4,9-10H2,1-2H3,(H2,20,21,22);1H. The van der Waals surface area contributed by atoms with Gasteiger partial charge < -0.3 is 15.4 Å². The number of ether oxygens (including phenoxy) is 1. The van der Waals surface area contributed by atoms with Gasteiger partial charge in [-0.3, -0.25) is 0 Å². The number of nitrogens with zero attached hydrogens (tertiary/aromatic N) is 2. The van der Waals surface area contributed by atoms with Crippen LogP contribution >= 0.6 is 35.3 Å². The van der Waals surface area contributed by atoms with E-state index in [-0.39, 0.29) is 36.3 Å². The van der Waals surface area contributed by atoms with Crippen LogP contribution in [-0.2, 0) is 19.5 Å². The molecule has 0 spiro atoms. The summed E-state index contributed by atoms with van der Waals surface area (Å²) in [6.45, 7) is 2.66. The van der Waals surface area contributed by atoms with Crippen LogP contribution in [0.5, 0.6) is 5.75 Å². The summed E-state index contributed by atoms with van der Waals surface area (Å²) in [5, 5.41) is 9.44. The zero-order valence-corrected chi connectivity index (χ0v) is 17.8. The maximum atomic E-state index is 12.5.